The normalized spacial score (nSPS) is 13.8. The fourth-order valence-corrected chi connectivity index (χ4v) is 9.54. The number of anilines is 3. The molecule has 0 saturated heterocycles. The van der Waals surface area contributed by atoms with E-state index in [0.29, 0.717) is 31.8 Å². The first-order valence-electron chi connectivity index (χ1n) is 24.3. The van der Waals surface area contributed by atoms with Crippen LogP contribution in [0.2, 0.25) is 0 Å². The number of benzene rings is 7. The minimum absolute atomic E-state index is 0.0464. The lowest BCUT2D eigenvalue weighted by Crippen LogP contribution is -2.30. The highest BCUT2D eigenvalue weighted by Gasteiger charge is 2.28. The van der Waals surface area contributed by atoms with E-state index in [0.717, 1.165) is 78.3 Å². The summed E-state index contributed by atoms with van der Waals surface area (Å²) in [5, 5.41) is 2.31. The van der Waals surface area contributed by atoms with E-state index in [1.165, 1.54) is 16.7 Å². The van der Waals surface area contributed by atoms with Crippen LogP contribution >= 0.6 is 0 Å². The number of hydrogen-bond acceptors (Lipinski definition) is 4. The Bertz CT molecular complexity index is 3300. The third-order valence-corrected chi connectivity index (χ3v) is 13.0. The molecule has 0 unspecified atom stereocenters. The van der Waals surface area contributed by atoms with Gasteiger partial charge in [-0.2, -0.15) is 0 Å². The Labute approximate surface area is 388 Å². The minimum Gasteiger partial charge on any atom is -0.489 e. The largest absolute Gasteiger partial charge is 0.489 e. The van der Waals surface area contributed by atoms with Gasteiger partial charge in [-0.1, -0.05) is 151 Å². The second kappa shape index (κ2) is 16.8. The van der Waals surface area contributed by atoms with Crippen molar-refractivity contribution < 1.29 is 8.85 Å². The predicted octanol–water partition coefficient (Wildman–Crippen LogP) is 15.2. The molecule has 0 fully saturated rings. The lowest BCUT2D eigenvalue weighted by molar-refractivity contribution is 0.306. The number of para-hydroxylation sites is 3. The smallest absolute Gasteiger partial charge is 0.138 e. The van der Waals surface area contributed by atoms with Crippen molar-refractivity contribution in [3.05, 3.63) is 204 Å². The monoisotopic (exact) mass is 853 g/mol. The van der Waals surface area contributed by atoms with Crippen LogP contribution in [-0.4, -0.2) is 22.8 Å². The number of aryl methyl sites for hydroxylation is 1. The molecule has 1 aliphatic heterocycles. The van der Waals surface area contributed by atoms with E-state index in [1.54, 1.807) is 6.07 Å². The Hall–Kier alpha value is -7.11. The maximum absolute atomic E-state index is 8.41. The van der Waals surface area contributed by atoms with Gasteiger partial charge in [-0.15, -0.1) is 0 Å². The average molecular weight is 854 g/mol. The van der Waals surface area contributed by atoms with Crippen LogP contribution in [0.1, 0.15) is 73.5 Å². The predicted molar refractivity (Wildman–Crippen MR) is 273 cm³/mol. The lowest BCUT2D eigenvalue weighted by atomic mass is 9.77. The molecule has 0 radical (unpaired) electrons. The summed E-state index contributed by atoms with van der Waals surface area (Å²) in [4.78, 5) is 9.69. The Morgan fingerprint density at radius 1 is 0.615 bits per heavy atom. The molecule has 0 spiro atoms. The fourth-order valence-electron chi connectivity index (χ4n) is 9.54. The summed E-state index contributed by atoms with van der Waals surface area (Å²) in [6, 6.07) is 59.0. The molecular weight excluding hydrogens is 793 g/mol. The van der Waals surface area contributed by atoms with Gasteiger partial charge < -0.3 is 14.5 Å². The zero-order valence-corrected chi connectivity index (χ0v) is 38.3. The van der Waals surface area contributed by atoms with Gasteiger partial charge in [0.05, 0.1) is 29.1 Å². The number of hydrogen-bond donors (Lipinski definition) is 0. The molecule has 65 heavy (non-hydrogen) atoms. The van der Waals surface area contributed by atoms with Crippen molar-refractivity contribution in [1.82, 2.24) is 9.55 Å². The molecule has 324 valence electrons. The van der Waals surface area contributed by atoms with Crippen molar-refractivity contribution in [2.75, 3.05) is 23.0 Å². The minimum atomic E-state index is -2.22. The van der Waals surface area contributed by atoms with Crippen molar-refractivity contribution in [2.24, 2.45) is 0 Å². The highest BCUT2D eigenvalue weighted by Crippen LogP contribution is 2.42. The van der Waals surface area contributed by atoms with E-state index in [1.807, 2.05) is 36.5 Å². The summed E-state index contributed by atoms with van der Waals surface area (Å²) in [7, 11) is 0. The number of ether oxygens (including phenoxy) is 1. The number of nitrogens with zero attached hydrogens (tertiary/aromatic N) is 4. The van der Waals surface area contributed by atoms with Gasteiger partial charge in [0.15, 0.2) is 0 Å². The van der Waals surface area contributed by atoms with Gasteiger partial charge in [-0.05, 0) is 129 Å². The Morgan fingerprint density at radius 3 is 2.20 bits per heavy atom. The van der Waals surface area contributed by atoms with Gasteiger partial charge in [-0.3, -0.25) is 4.57 Å². The second-order valence-electron chi connectivity index (χ2n) is 19.4. The molecule has 0 atom stereocenters. The zero-order valence-electron chi connectivity index (χ0n) is 41.3. The van der Waals surface area contributed by atoms with E-state index >= 15 is 0 Å². The van der Waals surface area contributed by atoms with Crippen molar-refractivity contribution in [1.29, 1.82) is 0 Å². The van der Waals surface area contributed by atoms with Gasteiger partial charge in [-0.25, -0.2) is 4.98 Å². The number of aromatic nitrogens is 2. The SMILES string of the molecule is [2H]C([2H])([2H])c1cccc(-c2ccccc2)c1CCN1CN(c2cccc(COc3ccc4c5ccccc5n(-c5cc(-c6ccc(C(C)(C)C)cc6C(C)(C)C)ccn5)c4c3)c2)c2ccccc21. The molecule has 5 heteroatoms. The third-order valence-electron chi connectivity index (χ3n) is 13.0. The molecule has 0 aliphatic carbocycles. The lowest BCUT2D eigenvalue weighted by Gasteiger charge is -2.27. The van der Waals surface area contributed by atoms with Crippen LogP contribution in [-0.2, 0) is 23.9 Å². The van der Waals surface area contributed by atoms with Crippen molar-refractivity contribution in [2.45, 2.75) is 72.3 Å². The number of fused-ring (bicyclic) bond motifs is 4. The van der Waals surface area contributed by atoms with E-state index < -0.39 is 6.85 Å². The van der Waals surface area contributed by atoms with E-state index in [2.05, 4.69) is 189 Å². The molecule has 0 saturated carbocycles. The quantitative estimate of drug-likeness (QED) is 0.137. The molecule has 3 heterocycles. The summed E-state index contributed by atoms with van der Waals surface area (Å²) < 4.78 is 34.1. The van der Waals surface area contributed by atoms with Crippen LogP contribution in [0.4, 0.5) is 17.1 Å². The van der Waals surface area contributed by atoms with Crippen LogP contribution in [0.5, 0.6) is 5.75 Å². The van der Waals surface area contributed by atoms with Crippen LogP contribution in [0.3, 0.4) is 0 Å². The number of pyridine rings is 1. The Balaban J connectivity index is 0.920. The summed E-state index contributed by atoms with van der Waals surface area (Å²) in [6.45, 7) is 13.2. The van der Waals surface area contributed by atoms with E-state index in [9.17, 15) is 0 Å². The average Bonchev–Trinajstić information content (AvgIpc) is 3.87. The molecule has 5 nitrogen and oxygen atoms in total. The van der Waals surface area contributed by atoms with Crippen LogP contribution in [0.25, 0.3) is 49.9 Å². The topological polar surface area (TPSA) is 33.5 Å². The van der Waals surface area contributed by atoms with Gasteiger partial charge in [0.2, 0.25) is 0 Å². The molecule has 9 aromatic rings. The third kappa shape index (κ3) is 8.16. The van der Waals surface area contributed by atoms with Crippen molar-refractivity contribution in [3.8, 4) is 33.8 Å². The maximum Gasteiger partial charge on any atom is 0.138 e. The molecular formula is C60H58N4O. The first-order valence-corrected chi connectivity index (χ1v) is 22.8. The Morgan fingerprint density at radius 2 is 1.38 bits per heavy atom. The number of rotatable bonds is 10. The van der Waals surface area contributed by atoms with E-state index in [-0.39, 0.29) is 10.8 Å². The molecule has 10 rings (SSSR count). The molecule has 0 bridgehead atoms. The van der Waals surface area contributed by atoms with Crippen LogP contribution < -0.4 is 14.5 Å². The van der Waals surface area contributed by atoms with Gasteiger partial charge in [0.25, 0.3) is 0 Å². The van der Waals surface area contributed by atoms with Gasteiger partial charge in [0.1, 0.15) is 18.2 Å². The molecule has 1 aliphatic rings. The standard InChI is InChI=1S/C60H58N4O/c1-41-17-15-23-49(43-19-9-8-10-20-43)48(41)32-34-62-40-63(56-26-14-13-25-55(56)62)46-21-16-18-42(35-46)39-65-47-28-30-52-51-22-11-12-24-54(51)64(57(52)38-47)58-36-44(31-33-61-58)50-29-27-45(59(2,3)4)37-53(50)60(5,6)7/h8-31,33,35-38H,32,34,39-40H2,1-7H3/i1D3. The molecule has 7 aromatic carbocycles. The summed E-state index contributed by atoms with van der Waals surface area (Å²) in [5.74, 6) is 1.64. The summed E-state index contributed by atoms with van der Waals surface area (Å²) >= 11 is 0. The fraction of sp³-hybridized carbons (Fsp3) is 0.217. The second-order valence-corrected chi connectivity index (χ2v) is 19.4. The highest BCUT2D eigenvalue weighted by molar-refractivity contribution is 6.09. The molecule has 0 amide bonds. The summed E-state index contributed by atoms with van der Waals surface area (Å²) in [5.41, 5.74) is 14.8. The van der Waals surface area contributed by atoms with Crippen molar-refractivity contribution >= 4 is 38.9 Å². The molecule has 0 N–H and O–H groups in total. The van der Waals surface area contributed by atoms with E-state index in [4.69, 9.17) is 13.8 Å². The van der Waals surface area contributed by atoms with Crippen molar-refractivity contribution in [3.63, 3.8) is 0 Å². The summed E-state index contributed by atoms with van der Waals surface area (Å²) in [6.07, 6.45) is 2.52. The zero-order chi connectivity index (χ0) is 47.4. The first kappa shape index (κ1) is 38.4. The molecule has 2 aromatic heterocycles. The van der Waals surface area contributed by atoms with Gasteiger partial charge >= 0.3 is 0 Å². The highest BCUT2D eigenvalue weighted by atomic mass is 16.5. The Kier molecular flexibility index (Phi) is 9.91. The first-order chi connectivity index (χ1) is 32.6. The van der Waals surface area contributed by atoms with Crippen LogP contribution in [0.15, 0.2) is 176 Å². The van der Waals surface area contributed by atoms with Crippen LogP contribution in [0, 0.1) is 6.85 Å². The maximum atomic E-state index is 8.41. The van der Waals surface area contributed by atoms with Gasteiger partial charge in [0, 0.05) is 39.4 Å².